The molecule has 0 amide bonds. The van der Waals surface area contributed by atoms with Crippen LogP contribution in [0.4, 0.5) is 10.1 Å². The third-order valence-electron chi connectivity index (χ3n) is 3.71. The third kappa shape index (κ3) is 0.979. The Hall–Kier alpha value is -1.64. The fraction of sp³-hybridized carbons (Fsp3) is 0.308. The number of aliphatic imine (C=N–C) groups is 1. The molecular formula is C13H11FN2. The van der Waals surface area contributed by atoms with Gasteiger partial charge in [0.25, 0.3) is 0 Å². The second-order valence-corrected chi connectivity index (χ2v) is 4.67. The van der Waals surface area contributed by atoms with Crippen LogP contribution in [0, 0.1) is 11.7 Å². The van der Waals surface area contributed by atoms with Crippen molar-refractivity contribution in [1.29, 1.82) is 0 Å². The van der Waals surface area contributed by atoms with Crippen LogP contribution in [0.1, 0.15) is 12.0 Å². The molecule has 4 rings (SSSR count). The Labute approximate surface area is 93.1 Å². The molecule has 0 spiro atoms. The van der Waals surface area contributed by atoms with Crippen molar-refractivity contribution in [2.75, 3.05) is 0 Å². The van der Waals surface area contributed by atoms with E-state index in [0.717, 1.165) is 30.1 Å². The van der Waals surface area contributed by atoms with E-state index in [-0.39, 0.29) is 5.82 Å². The molecule has 80 valence electrons. The maximum atomic E-state index is 13.1. The molecule has 0 aromatic heterocycles. The van der Waals surface area contributed by atoms with Crippen molar-refractivity contribution in [2.45, 2.75) is 19.0 Å². The maximum absolute atomic E-state index is 13.1. The number of halogens is 1. The highest BCUT2D eigenvalue weighted by Gasteiger charge is 2.40. The van der Waals surface area contributed by atoms with E-state index >= 15 is 0 Å². The van der Waals surface area contributed by atoms with Gasteiger partial charge >= 0.3 is 0 Å². The predicted molar refractivity (Wildman–Crippen MR) is 60.1 cm³/mol. The van der Waals surface area contributed by atoms with Crippen molar-refractivity contribution in [2.24, 2.45) is 10.9 Å². The molecule has 1 aromatic rings. The Kier molecular flexibility index (Phi) is 1.45. The summed E-state index contributed by atoms with van der Waals surface area (Å²) in [6, 6.07) is 5.42. The lowest BCUT2D eigenvalue weighted by molar-refractivity contribution is 0.377. The minimum Gasteiger partial charge on any atom is -0.349 e. The van der Waals surface area contributed by atoms with E-state index in [9.17, 15) is 4.39 Å². The van der Waals surface area contributed by atoms with Crippen LogP contribution in [-0.4, -0.2) is 16.8 Å². The molecule has 2 heterocycles. The molecule has 1 aromatic carbocycles. The summed E-state index contributed by atoms with van der Waals surface area (Å²) in [6.45, 7) is 0.875. The smallest absolute Gasteiger partial charge is 0.125 e. The first-order valence-corrected chi connectivity index (χ1v) is 5.63. The van der Waals surface area contributed by atoms with Gasteiger partial charge in [0.05, 0.1) is 5.69 Å². The quantitative estimate of drug-likeness (QED) is 0.606. The zero-order valence-electron chi connectivity index (χ0n) is 8.73. The Morgan fingerprint density at radius 3 is 3.19 bits per heavy atom. The third-order valence-corrected chi connectivity index (χ3v) is 3.71. The van der Waals surface area contributed by atoms with E-state index in [1.54, 1.807) is 0 Å². The van der Waals surface area contributed by atoms with Crippen molar-refractivity contribution >= 4 is 11.5 Å². The van der Waals surface area contributed by atoms with Crippen molar-refractivity contribution in [1.82, 2.24) is 4.90 Å². The number of benzene rings is 1. The predicted octanol–water partition coefficient (Wildman–Crippen LogP) is 2.63. The zero-order chi connectivity index (χ0) is 10.7. The number of hydrogen-bond donors (Lipinski definition) is 0. The highest BCUT2D eigenvalue weighted by molar-refractivity contribution is 5.93. The first-order chi connectivity index (χ1) is 7.81. The normalized spacial score (nSPS) is 29.1. The van der Waals surface area contributed by atoms with E-state index in [1.165, 1.54) is 12.1 Å². The van der Waals surface area contributed by atoms with Crippen molar-refractivity contribution in [3.63, 3.8) is 0 Å². The molecule has 1 aliphatic carbocycles. The minimum absolute atomic E-state index is 0.199. The maximum Gasteiger partial charge on any atom is 0.125 e. The average Bonchev–Trinajstić information content (AvgIpc) is 2.87. The zero-order valence-corrected chi connectivity index (χ0v) is 8.73. The summed E-state index contributed by atoms with van der Waals surface area (Å²) in [5.74, 6) is 1.39. The Morgan fingerprint density at radius 2 is 2.25 bits per heavy atom. The summed E-state index contributed by atoms with van der Waals surface area (Å²) in [5.41, 5.74) is 1.94. The molecule has 3 aliphatic rings. The van der Waals surface area contributed by atoms with Crippen LogP contribution in [0.5, 0.6) is 0 Å². The van der Waals surface area contributed by atoms with Crippen LogP contribution in [0.3, 0.4) is 0 Å². The van der Waals surface area contributed by atoms with Crippen molar-refractivity contribution in [3.8, 4) is 0 Å². The van der Waals surface area contributed by atoms with Crippen LogP contribution in [0.15, 0.2) is 35.3 Å². The summed E-state index contributed by atoms with van der Waals surface area (Å²) in [7, 11) is 0. The summed E-state index contributed by atoms with van der Waals surface area (Å²) in [5, 5.41) is 0. The summed E-state index contributed by atoms with van der Waals surface area (Å²) in [6.07, 6.45) is 5.64. The number of rotatable bonds is 0. The van der Waals surface area contributed by atoms with Gasteiger partial charge in [-0.2, -0.15) is 0 Å². The van der Waals surface area contributed by atoms with Gasteiger partial charge in [-0.05, 0) is 24.1 Å². The molecule has 0 N–H and O–H groups in total. The van der Waals surface area contributed by atoms with Crippen LogP contribution < -0.4 is 0 Å². The van der Waals surface area contributed by atoms with E-state index in [2.05, 4.69) is 22.0 Å². The van der Waals surface area contributed by atoms with Gasteiger partial charge in [-0.25, -0.2) is 9.38 Å². The number of hydrogen-bond acceptors (Lipinski definition) is 2. The highest BCUT2D eigenvalue weighted by atomic mass is 19.1. The highest BCUT2D eigenvalue weighted by Crippen LogP contribution is 2.40. The largest absolute Gasteiger partial charge is 0.349 e. The minimum atomic E-state index is -0.199. The van der Waals surface area contributed by atoms with Gasteiger partial charge in [0.1, 0.15) is 11.7 Å². The number of amidine groups is 1. The van der Waals surface area contributed by atoms with Gasteiger partial charge in [0, 0.05) is 18.5 Å². The lowest BCUT2D eigenvalue weighted by atomic mass is 10.1. The van der Waals surface area contributed by atoms with E-state index in [1.807, 2.05) is 6.07 Å². The standard InChI is InChI=1S/C13H11FN2/c14-10-3-1-9-7-16-11-4-2-8(5-11)13(16)15-12(9)6-10/h1-4,6,8,11H,5,7H2. The van der Waals surface area contributed by atoms with E-state index in [0.29, 0.717) is 12.0 Å². The summed E-state index contributed by atoms with van der Waals surface area (Å²) < 4.78 is 13.1. The van der Waals surface area contributed by atoms with Gasteiger partial charge in [0.2, 0.25) is 0 Å². The van der Waals surface area contributed by atoms with Gasteiger partial charge in [-0.3, -0.25) is 0 Å². The van der Waals surface area contributed by atoms with Crippen LogP contribution in [0.2, 0.25) is 0 Å². The van der Waals surface area contributed by atoms with Gasteiger partial charge in [-0.15, -0.1) is 0 Å². The van der Waals surface area contributed by atoms with Gasteiger partial charge in [-0.1, -0.05) is 18.2 Å². The average molecular weight is 214 g/mol. The van der Waals surface area contributed by atoms with Gasteiger partial charge < -0.3 is 4.90 Å². The Morgan fingerprint density at radius 1 is 1.31 bits per heavy atom. The molecule has 2 nitrogen and oxygen atoms in total. The first-order valence-electron chi connectivity index (χ1n) is 5.63. The van der Waals surface area contributed by atoms with Crippen molar-refractivity contribution < 1.29 is 4.39 Å². The monoisotopic (exact) mass is 214 g/mol. The fourth-order valence-corrected chi connectivity index (χ4v) is 2.91. The van der Waals surface area contributed by atoms with E-state index < -0.39 is 0 Å². The SMILES string of the molecule is Fc1ccc2c(c1)N=C1C3C=CC(C3)N1C2. The molecule has 1 saturated heterocycles. The van der Waals surface area contributed by atoms with Crippen LogP contribution in [-0.2, 0) is 6.54 Å². The molecule has 16 heavy (non-hydrogen) atoms. The van der Waals surface area contributed by atoms with Crippen molar-refractivity contribution in [3.05, 3.63) is 41.7 Å². The Balaban J connectivity index is 1.87. The molecule has 2 aliphatic heterocycles. The summed E-state index contributed by atoms with van der Waals surface area (Å²) >= 11 is 0. The molecule has 0 saturated carbocycles. The molecule has 2 bridgehead atoms. The lowest BCUT2D eigenvalue weighted by Crippen LogP contribution is -2.36. The fourth-order valence-electron chi connectivity index (χ4n) is 2.91. The molecule has 0 radical (unpaired) electrons. The van der Waals surface area contributed by atoms with E-state index in [4.69, 9.17) is 0 Å². The van der Waals surface area contributed by atoms with Crippen LogP contribution in [0.25, 0.3) is 0 Å². The topological polar surface area (TPSA) is 15.6 Å². The number of nitrogens with zero attached hydrogens (tertiary/aromatic N) is 2. The molecule has 3 heteroatoms. The second-order valence-electron chi connectivity index (χ2n) is 4.67. The first kappa shape index (κ1) is 8.50. The second kappa shape index (κ2) is 2.73. The molecule has 2 atom stereocenters. The summed E-state index contributed by atoms with van der Waals surface area (Å²) in [4.78, 5) is 6.94. The number of fused-ring (bicyclic) bond motifs is 6. The van der Waals surface area contributed by atoms with Gasteiger partial charge in [0.15, 0.2) is 0 Å². The van der Waals surface area contributed by atoms with Crippen LogP contribution >= 0.6 is 0 Å². The molecular weight excluding hydrogens is 203 g/mol. The molecule has 2 unspecified atom stereocenters. The Bertz CT molecular complexity index is 533. The molecule has 1 fully saturated rings. The lowest BCUT2D eigenvalue weighted by Gasteiger charge is -2.31.